The normalized spacial score (nSPS) is 11.3. The van der Waals surface area contributed by atoms with Gasteiger partial charge in [-0.25, -0.2) is 0 Å². The summed E-state index contributed by atoms with van der Waals surface area (Å²) in [6.45, 7) is 2.09. The SMILES string of the molecule is CCCNC(=O)c1sc(NCCC(F)(F)F)c(OC)c1N. The maximum atomic E-state index is 12.1. The van der Waals surface area contributed by atoms with Crippen LogP contribution in [0, 0.1) is 0 Å². The molecular weight excluding hydrogens is 307 g/mol. The van der Waals surface area contributed by atoms with Crippen LogP contribution < -0.4 is 21.1 Å². The topological polar surface area (TPSA) is 76.4 Å². The van der Waals surface area contributed by atoms with Crippen LogP contribution in [0.3, 0.4) is 0 Å². The number of halogens is 3. The van der Waals surface area contributed by atoms with E-state index in [4.69, 9.17) is 10.5 Å². The first-order valence-corrected chi connectivity index (χ1v) is 7.16. The van der Waals surface area contributed by atoms with Crippen molar-refractivity contribution in [1.29, 1.82) is 0 Å². The minimum Gasteiger partial charge on any atom is -0.492 e. The van der Waals surface area contributed by atoms with Crippen molar-refractivity contribution in [2.45, 2.75) is 25.9 Å². The Kier molecular flexibility index (Phi) is 6.13. The third-order valence-corrected chi connectivity index (χ3v) is 3.68. The van der Waals surface area contributed by atoms with E-state index in [0.29, 0.717) is 11.5 Å². The molecule has 0 spiro atoms. The smallest absolute Gasteiger partial charge is 0.390 e. The van der Waals surface area contributed by atoms with Gasteiger partial charge >= 0.3 is 6.18 Å². The summed E-state index contributed by atoms with van der Waals surface area (Å²) in [5.74, 6) is -0.162. The Labute approximate surface area is 124 Å². The van der Waals surface area contributed by atoms with Crippen molar-refractivity contribution in [2.24, 2.45) is 0 Å². The molecule has 1 aromatic heterocycles. The number of rotatable bonds is 7. The number of carbonyl (C=O) groups is 1. The van der Waals surface area contributed by atoms with Crippen LogP contribution >= 0.6 is 11.3 Å². The Balaban J connectivity index is 2.82. The predicted octanol–water partition coefficient (Wildman–Crippen LogP) is 2.84. The van der Waals surface area contributed by atoms with Crippen LogP contribution in [0.25, 0.3) is 0 Å². The van der Waals surface area contributed by atoms with E-state index in [0.717, 1.165) is 17.8 Å². The molecule has 5 nitrogen and oxygen atoms in total. The van der Waals surface area contributed by atoms with Gasteiger partial charge in [0.25, 0.3) is 5.91 Å². The van der Waals surface area contributed by atoms with Crippen LogP contribution in [0.2, 0.25) is 0 Å². The first-order chi connectivity index (χ1) is 9.80. The van der Waals surface area contributed by atoms with Gasteiger partial charge in [-0.1, -0.05) is 6.92 Å². The second kappa shape index (κ2) is 7.39. The lowest BCUT2D eigenvalue weighted by Crippen LogP contribution is -2.23. The molecule has 0 saturated carbocycles. The van der Waals surface area contributed by atoms with E-state index in [1.807, 2.05) is 6.92 Å². The lowest BCUT2D eigenvalue weighted by atomic mass is 10.3. The van der Waals surface area contributed by atoms with E-state index in [1.54, 1.807) is 0 Å². The highest BCUT2D eigenvalue weighted by atomic mass is 32.1. The fourth-order valence-electron chi connectivity index (χ4n) is 1.55. The van der Waals surface area contributed by atoms with Crippen LogP contribution in [0.5, 0.6) is 5.75 Å². The number of alkyl halides is 3. The molecule has 0 saturated heterocycles. The molecule has 0 radical (unpaired) electrons. The molecule has 1 aromatic rings. The highest BCUT2D eigenvalue weighted by molar-refractivity contribution is 7.19. The molecule has 9 heteroatoms. The molecule has 1 amide bonds. The molecule has 120 valence electrons. The Morgan fingerprint density at radius 1 is 1.38 bits per heavy atom. The first kappa shape index (κ1) is 17.4. The van der Waals surface area contributed by atoms with Crippen molar-refractivity contribution in [2.75, 3.05) is 31.2 Å². The highest BCUT2D eigenvalue weighted by Crippen LogP contribution is 2.42. The van der Waals surface area contributed by atoms with Crippen LogP contribution in [0.4, 0.5) is 23.9 Å². The minimum absolute atomic E-state index is 0.130. The molecule has 0 fully saturated rings. The minimum atomic E-state index is -4.25. The van der Waals surface area contributed by atoms with Gasteiger partial charge < -0.3 is 21.1 Å². The lowest BCUT2D eigenvalue weighted by molar-refractivity contribution is -0.131. The van der Waals surface area contributed by atoms with Crippen molar-refractivity contribution >= 4 is 27.9 Å². The summed E-state index contributed by atoms with van der Waals surface area (Å²) < 4.78 is 41.5. The fraction of sp³-hybridized carbons (Fsp3) is 0.583. The number of hydrogen-bond acceptors (Lipinski definition) is 5. The largest absolute Gasteiger partial charge is 0.492 e. The molecule has 0 bridgehead atoms. The predicted molar refractivity (Wildman–Crippen MR) is 77.1 cm³/mol. The number of nitrogens with two attached hydrogens (primary N) is 1. The molecule has 0 aliphatic heterocycles. The number of hydrogen-bond donors (Lipinski definition) is 3. The van der Waals surface area contributed by atoms with Crippen molar-refractivity contribution < 1.29 is 22.7 Å². The summed E-state index contributed by atoms with van der Waals surface area (Å²) >= 11 is 0.979. The zero-order chi connectivity index (χ0) is 16.0. The molecule has 0 atom stereocenters. The summed E-state index contributed by atoms with van der Waals surface area (Å²) in [5, 5.41) is 5.59. The number of anilines is 2. The standard InChI is InChI=1S/C12H18F3N3O2S/c1-3-5-17-10(19)9-7(16)8(20-2)11(21-9)18-6-4-12(13,14)15/h18H,3-6,16H2,1-2H3,(H,17,19). The molecule has 0 aliphatic carbocycles. The number of amides is 1. The number of nitrogens with one attached hydrogen (secondary N) is 2. The first-order valence-electron chi connectivity index (χ1n) is 6.35. The van der Waals surface area contributed by atoms with Gasteiger partial charge in [-0.2, -0.15) is 13.2 Å². The number of methoxy groups -OCH3 is 1. The van der Waals surface area contributed by atoms with Crippen molar-refractivity contribution in [3.05, 3.63) is 4.88 Å². The summed E-state index contributed by atoms with van der Waals surface area (Å²) in [6.07, 6.45) is -4.46. The number of nitrogen functional groups attached to an aromatic ring is 1. The summed E-state index contributed by atoms with van der Waals surface area (Å²) in [6, 6.07) is 0. The van der Waals surface area contributed by atoms with Gasteiger partial charge in [0.05, 0.1) is 13.5 Å². The van der Waals surface area contributed by atoms with Crippen LogP contribution in [-0.2, 0) is 0 Å². The van der Waals surface area contributed by atoms with E-state index in [-0.39, 0.29) is 28.8 Å². The molecule has 1 heterocycles. The maximum Gasteiger partial charge on any atom is 0.390 e. The number of carbonyl (C=O) groups excluding carboxylic acids is 1. The van der Waals surface area contributed by atoms with Crippen molar-refractivity contribution in [1.82, 2.24) is 5.32 Å². The summed E-state index contributed by atoms with van der Waals surface area (Å²) in [7, 11) is 1.35. The summed E-state index contributed by atoms with van der Waals surface area (Å²) in [5.41, 5.74) is 5.94. The van der Waals surface area contributed by atoms with E-state index in [2.05, 4.69) is 10.6 Å². The quantitative estimate of drug-likeness (QED) is 0.720. The van der Waals surface area contributed by atoms with Crippen LogP contribution in [-0.4, -0.2) is 32.3 Å². The van der Waals surface area contributed by atoms with Gasteiger partial charge in [0.15, 0.2) is 5.75 Å². The fourth-order valence-corrected chi connectivity index (χ4v) is 2.58. The van der Waals surface area contributed by atoms with Gasteiger partial charge in [0, 0.05) is 13.1 Å². The number of ether oxygens (including phenoxy) is 1. The van der Waals surface area contributed by atoms with Crippen LogP contribution in [0.1, 0.15) is 29.4 Å². The molecule has 21 heavy (non-hydrogen) atoms. The third-order valence-electron chi connectivity index (χ3n) is 2.54. The molecule has 0 aromatic carbocycles. The lowest BCUT2D eigenvalue weighted by Gasteiger charge is -2.08. The van der Waals surface area contributed by atoms with Crippen molar-refractivity contribution in [3.8, 4) is 5.75 Å². The van der Waals surface area contributed by atoms with E-state index >= 15 is 0 Å². The molecule has 0 aliphatic rings. The van der Waals surface area contributed by atoms with Gasteiger partial charge in [-0.3, -0.25) is 4.79 Å². The van der Waals surface area contributed by atoms with E-state index < -0.39 is 12.6 Å². The van der Waals surface area contributed by atoms with Crippen molar-refractivity contribution in [3.63, 3.8) is 0 Å². The highest BCUT2D eigenvalue weighted by Gasteiger charge is 2.27. The third kappa shape index (κ3) is 5.00. The van der Waals surface area contributed by atoms with Gasteiger partial charge in [-0.15, -0.1) is 11.3 Å². The van der Waals surface area contributed by atoms with Gasteiger partial charge in [0.1, 0.15) is 15.6 Å². The second-order valence-corrected chi connectivity index (χ2v) is 5.28. The zero-order valence-electron chi connectivity index (χ0n) is 11.8. The van der Waals surface area contributed by atoms with Gasteiger partial charge in [0.2, 0.25) is 0 Å². The van der Waals surface area contributed by atoms with Gasteiger partial charge in [-0.05, 0) is 6.42 Å². The average Bonchev–Trinajstić information content (AvgIpc) is 2.71. The molecule has 0 unspecified atom stereocenters. The number of thiophene rings is 1. The molecule has 4 N–H and O–H groups in total. The van der Waals surface area contributed by atoms with Crippen LogP contribution in [0.15, 0.2) is 0 Å². The second-order valence-electron chi connectivity index (χ2n) is 4.26. The monoisotopic (exact) mass is 325 g/mol. The van der Waals surface area contributed by atoms with E-state index in [1.165, 1.54) is 7.11 Å². The Morgan fingerprint density at radius 3 is 2.57 bits per heavy atom. The summed E-state index contributed by atoms with van der Waals surface area (Å²) in [4.78, 5) is 12.1. The average molecular weight is 325 g/mol. The Bertz CT molecular complexity index is 489. The van der Waals surface area contributed by atoms with E-state index in [9.17, 15) is 18.0 Å². The molecule has 1 rings (SSSR count). The molecular formula is C12H18F3N3O2S. The maximum absolute atomic E-state index is 12.1. The Hall–Kier alpha value is -1.64. The zero-order valence-corrected chi connectivity index (χ0v) is 12.6. The Morgan fingerprint density at radius 2 is 2.05 bits per heavy atom.